The topological polar surface area (TPSA) is 62.5 Å². The fraction of sp³-hybridized carbons (Fsp3) is 0.571. The van der Waals surface area contributed by atoms with Crippen LogP contribution in [0.15, 0.2) is 18.5 Å². The van der Waals surface area contributed by atoms with E-state index in [-0.39, 0.29) is 11.8 Å². The number of rotatable bonds is 3. The molecule has 0 amide bonds. The molecule has 1 aliphatic rings. The number of hydrogen-bond donors (Lipinski definition) is 1. The lowest BCUT2D eigenvalue weighted by molar-refractivity contribution is -0.123. The third-order valence-corrected chi connectivity index (χ3v) is 3.74. The van der Waals surface area contributed by atoms with E-state index in [1.165, 1.54) is 0 Å². The van der Waals surface area contributed by atoms with Gasteiger partial charge in [0, 0.05) is 36.6 Å². The number of carbonyl (C=O) groups excluding carboxylic acids is 1. The summed E-state index contributed by atoms with van der Waals surface area (Å²) < 4.78 is 0. The Balaban J connectivity index is 2.08. The van der Waals surface area contributed by atoms with Gasteiger partial charge in [0.15, 0.2) is 5.78 Å². The van der Waals surface area contributed by atoms with E-state index < -0.39 is 0 Å². The second kappa shape index (κ2) is 6.12. The Hall–Kier alpha value is -1.46. The Labute approximate surface area is 114 Å². The number of nitrogens with zero attached hydrogens (tertiary/aromatic N) is 3. The number of pyridine rings is 1. The van der Waals surface area contributed by atoms with Crippen molar-refractivity contribution in [1.82, 2.24) is 14.8 Å². The lowest BCUT2D eigenvalue weighted by Crippen LogP contribution is -2.44. The van der Waals surface area contributed by atoms with E-state index in [2.05, 4.69) is 21.8 Å². The van der Waals surface area contributed by atoms with Crippen LogP contribution in [0, 0.1) is 0 Å². The van der Waals surface area contributed by atoms with Gasteiger partial charge in [0.2, 0.25) is 0 Å². The van der Waals surface area contributed by atoms with Gasteiger partial charge < -0.3 is 10.6 Å². The maximum absolute atomic E-state index is 12.5. The lowest BCUT2D eigenvalue weighted by Gasteiger charge is -2.26. The van der Waals surface area contributed by atoms with Crippen molar-refractivity contribution in [3.63, 3.8) is 0 Å². The quantitative estimate of drug-likeness (QED) is 0.855. The van der Waals surface area contributed by atoms with Gasteiger partial charge in [-0.25, -0.2) is 0 Å². The maximum atomic E-state index is 12.5. The summed E-state index contributed by atoms with van der Waals surface area (Å²) in [5.41, 5.74) is 7.35. The lowest BCUT2D eigenvalue weighted by atomic mass is 10.0. The molecular formula is C14H22N4O. The van der Waals surface area contributed by atoms with Crippen molar-refractivity contribution in [1.29, 1.82) is 0 Å². The first kappa shape index (κ1) is 14.0. The normalized spacial score (nSPS) is 22.1. The van der Waals surface area contributed by atoms with Gasteiger partial charge in [-0.3, -0.25) is 14.7 Å². The van der Waals surface area contributed by atoms with Gasteiger partial charge >= 0.3 is 0 Å². The maximum Gasteiger partial charge on any atom is 0.155 e. The second-order valence-electron chi connectivity index (χ2n) is 5.33. The first-order valence-corrected chi connectivity index (χ1v) is 6.68. The molecule has 0 spiro atoms. The minimum Gasteiger partial charge on any atom is -0.398 e. The predicted molar refractivity (Wildman–Crippen MR) is 75.9 cm³/mol. The zero-order valence-corrected chi connectivity index (χ0v) is 11.7. The Kier molecular flexibility index (Phi) is 4.50. The molecule has 19 heavy (non-hydrogen) atoms. The second-order valence-corrected chi connectivity index (χ2v) is 5.33. The van der Waals surface area contributed by atoms with Crippen LogP contribution in [0.1, 0.15) is 12.0 Å². The Bertz CT molecular complexity index is 449. The van der Waals surface area contributed by atoms with Crippen LogP contribution < -0.4 is 5.73 Å². The zero-order valence-electron chi connectivity index (χ0n) is 11.7. The zero-order chi connectivity index (χ0) is 13.8. The van der Waals surface area contributed by atoms with Gasteiger partial charge in [0.05, 0.1) is 6.04 Å². The van der Waals surface area contributed by atoms with E-state index in [9.17, 15) is 4.79 Å². The summed E-state index contributed by atoms with van der Waals surface area (Å²) in [6, 6.07) is 1.69. The molecule has 1 unspecified atom stereocenters. The molecule has 0 aromatic carbocycles. The van der Waals surface area contributed by atoms with E-state index in [4.69, 9.17) is 5.73 Å². The van der Waals surface area contributed by atoms with Crippen LogP contribution in [0.25, 0.3) is 0 Å². The molecule has 0 bridgehead atoms. The summed E-state index contributed by atoms with van der Waals surface area (Å²) >= 11 is 0. The van der Waals surface area contributed by atoms with E-state index in [1.807, 2.05) is 7.05 Å². The summed E-state index contributed by atoms with van der Waals surface area (Å²) in [4.78, 5) is 20.9. The molecule has 0 saturated carbocycles. The summed E-state index contributed by atoms with van der Waals surface area (Å²) in [5, 5.41) is 0. The van der Waals surface area contributed by atoms with Crippen molar-refractivity contribution in [3.8, 4) is 0 Å². The van der Waals surface area contributed by atoms with Crippen LogP contribution in [0.3, 0.4) is 0 Å². The van der Waals surface area contributed by atoms with Gasteiger partial charge in [-0.05, 0) is 39.7 Å². The molecule has 104 valence electrons. The molecule has 2 rings (SSSR count). The fourth-order valence-corrected chi connectivity index (χ4v) is 2.51. The number of likely N-dealkylation sites (N-methyl/N-ethyl adjacent to an activating group) is 2. The molecule has 0 radical (unpaired) electrons. The van der Waals surface area contributed by atoms with Crippen molar-refractivity contribution in [2.45, 2.75) is 18.9 Å². The number of ketones is 1. The predicted octanol–water partition coefficient (Wildman–Crippen LogP) is 0.411. The Morgan fingerprint density at radius 1 is 1.47 bits per heavy atom. The molecule has 1 fully saturated rings. The molecule has 1 aromatic heterocycles. The van der Waals surface area contributed by atoms with Gasteiger partial charge in [0.1, 0.15) is 0 Å². The molecule has 5 heteroatoms. The van der Waals surface area contributed by atoms with Crippen LogP contribution in [0.5, 0.6) is 0 Å². The number of hydrogen-bond acceptors (Lipinski definition) is 5. The van der Waals surface area contributed by atoms with E-state index in [1.54, 1.807) is 18.5 Å². The van der Waals surface area contributed by atoms with Crippen LogP contribution in [0.4, 0.5) is 5.69 Å². The molecule has 2 N–H and O–H groups in total. The highest BCUT2D eigenvalue weighted by Crippen LogP contribution is 2.14. The van der Waals surface area contributed by atoms with Crippen molar-refractivity contribution in [2.75, 3.05) is 39.5 Å². The van der Waals surface area contributed by atoms with E-state index >= 15 is 0 Å². The molecule has 1 saturated heterocycles. The molecule has 0 aliphatic carbocycles. The van der Waals surface area contributed by atoms with Crippen molar-refractivity contribution >= 4 is 11.5 Å². The van der Waals surface area contributed by atoms with Crippen molar-refractivity contribution < 1.29 is 4.79 Å². The highest BCUT2D eigenvalue weighted by molar-refractivity contribution is 5.87. The van der Waals surface area contributed by atoms with Crippen molar-refractivity contribution in [2.24, 2.45) is 0 Å². The highest BCUT2D eigenvalue weighted by atomic mass is 16.1. The molecule has 2 heterocycles. The number of carbonyl (C=O) groups is 1. The minimum atomic E-state index is -0.0490. The number of nitrogens with two attached hydrogens (primary N) is 1. The number of nitrogen functional groups attached to an aromatic ring is 1. The average molecular weight is 262 g/mol. The van der Waals surface area contributed by atoms with E-state index in [0.29, 0.717) is 12.1 Å². The Morgan fingerprint density at radius 3 is 3.00 bits per heavy atom. The largest absolute Gasteiger partial charge is 0.398 e. The summed E-state index contributed by atoms with van der Waals surface area (Å²) in [6.07, 6.45) is 4.80. The Morgan fingerprint density at radius 2 is 2.26 bits per heavy atom. The van der Waals surface area contributed by atoms with E-state index in [0.717, 1.165) is 31.6 Å². The smallest absolute Gasteiger partial charge is 0.155 e. The fourth-order valence-electron chi connectivity index (χ4n) is 2.51. The van der Waals surface area contributed by atoms with Crippen LogP contribution in [-0.2, 0) is 11.2 Å². The minimum absolute atomic E-state index is 0.0490. The first-order chi connectivity index (χ1) is 9.08. The highest BCUT2D eigenvalue weighted by Gasteiger charge is 2.27. The third-order valence-electron chi connectivity index (χ3n) is 3.74. The molecule has 5 nitrogen and oxygen atoms in total. The molecule has 1 atom stereocenters. The SMILES string of the molecule is CN1CCCN(C)C(C(=O)Cc2cnccc2N)C1. The van der Waals surface area contributed by atoms with Crippen LogP contribution in [-0.4, -0.2) is 60.3 Å². The first-order valence-electron chi connectivity index (χ1n) is 6.68. The molecular weight excluding hydrogens is 240 g/mol. The van der Waals surface area contributed by atoms with Gasteiger partial charge in [0.25, 0.3) is 0 Å². The van der Waals surface area contributed by atoms with Gasteiger partial charge in [-0.15, -0.1) is 0 Å². The van der Waals surface area contributed by atoms with Crippen LogP contribution in [0.2, 0.25) is 0 Å². The summed E-state index contributed by atoms with van der Waals surface area (Å²) in [7, 11) is 4.09. The summed E-state index contributed by atoms with van der Waals surface area (Å²) in [5.74, 6) is 0.218. The number of anilines is 1. The molecule has 1 aliphatic heterocycles. The monoisotopic (exact) mass is 262 g/mol. The third kappa shape index (κ3) is 3.52. The van der Waals surface area contributed by atoms with Crippen molar-refractivity contribution in [3.05, 3.63) is 24.0 Å². The summed E-state index contributed by atoms with van der Waals surface area (Å²) in [6.45, 7) is 2.79. The standard InChI is InChI=1S/C14H22N4O/c1-17-6-3-7-18(2)13(10-17)14(19)8-11-9-16-5-4-12(11)15/h4-5,9,13H,3,6-8,10H2,1-2H3,(H2,15,16). The molecule has 1 aromatic rings. The average Bonchev–Trinajstić information content (AvgIpc) is 2.54. The van der Waals surface area contributed by atoms with Gasteiger partial charge in [-0.2, -0.15) is 0 Å². The van der Waals surface area contributed by atoms with Gasteiger partial charge in [-0.1, -0.05) is 0 Å². The number of Topliss-reactive ketones (excluding diaryl/α,β-unsaturated/α-hetero) is 1. The van der Waals surface area contributed by atoms with Crippen LogP contribution >= 0.6 is 0 Å². The number of aromatic nitrogens is 1.